The third kappa shape index (κ3) is 4.79. The van der Waals surface area contributed by atoms with Crippen molar-refractivity contribution in [1.29, 1.82) is 0 Å². The van der Waals surface area contributed by atoms with Gasteiger partial charge in [-0.2, -0.15) is 12.6 Å². The van der Waals surface area contributed by atoms with Crippen molar-refractivity contribution in [2.24, 2.45) is 0 Å². The summed E-state index contributed by atoms with van der Waals surface area (Å²) in [5.41, 5.74) is 2.27. The molecule has 0 aromatic carbocycles. The lowest BCUT2D eigenvalue weighted by molar-refractivity contribution is 0.404. The van der Waals surface area contributed by atoms with Gasteiger partial charge in [0.15, 0.2) is 0 Å². The summed E-state index contributed by atoms with van der Waals surface area (Å²) in [6.07, 6.45) is 5.52. The van der Waals surface area contributed by atoms with Crippen molar-refractivity contribution in [2.75, 3.05) is 20.4 Å². The lowest BCUT2D eigenvalue weighted by Gasteiger charge is -2.07. The Morgan fingerprint density at radius 2 is 1.94 bits per heavy atom. The van der Waals surface area contributed by atoms with Crippen molar-refractivity contribution >= 4 is 23.7 Å². The number of hydrogen-bond acceptors (Lipinski definition) is 3. The van der Waals surface area contributed by atoms with E-state index in [1.54, 1.807) is 12.5 Å². The van der Waals surface area contributed by atoms with E-state index in [0.717, 1.165) is 12.2 Å². The van der Waals surface area contributed by atoms with Crippen LogP contribution in [-0.2, 0) is 6.54 Å². The molecule has 1 N–H and O–H groups in total. The van der Waals surface area contributed by atoms with E-state index in [4.69, 9.17) is 0 Å². The van der Waals surface area contributed by atoms with Gasteiger partial charge in [-0.15, -0.1) is 0 Å². The van der Waals surface area contributed by atoms with E-state index in [-0.39, 0.29) is 0 Å². The zero-order valence-corrected chi connectivity index (χ0v) is 12.3. The number of nitrogens with one attached hydrogen (secondary N) is 1. The minimum atomic E-state index is 0.950. The van der Waals surface area contributed by atoms with Gasteiger partial charge >= 0.3 is 0 Å². The van der Waals surface area contributed by atoms with Crippen LogP contribution in [0.5, 0.6) is 0 Å². The number of nitrogens with zero attached hydrogens (tertiary/aromatic N) is 2. The molecule has 2 rings (SSSR count). The Morgan fingerprint density at radius 3 is 2.53 bits per heavy atom. The maximum atomic E-state index is 4.24. The molecule has 0 spiro atoms. The van der Waals surface area contributed by atoms with E-state index in [9.17, 15) is 0 Å². The molecule has 3 nitrogen and oxygen atoms in total. The fourth-order valence-corrected chi connectivity index (χ4v) is 1.48. The Labute approximate surface area is 110 Å². The van der Waals surface area contributed by atoms with Gasteiger partial charge in [0.2, 0.25) is 0 Å². The number of thiol groups is 1. The Morgan fingerprint density at radius 1 is 1.29 bits per heavy atom. The van der Waals surface area contributed by atoms with E-state index in [0.29, 0.717) is 0 Å². The van der Waals surface area contributed by atoms with Gasteiger partial charge in [-0.25, -0.2) is 4.98 Å². The van der Waals surface area contributed by atoms with Gasteiger partial charge in [-0.05, 0) is 38.0 Å². The lowest BCUT2D eigenvalue weighted by atomic mass is 10.2. The SMILES string of the molecule is CC.CN(C)Cc1c[nH]c2ncccc12.CS. The first-order valence-corrected chi connectivity index (χ1v) is 6.67. The van der Waals surface area contributed by atoms with Crippen LogP contribution < -0.4 is 0 Å². The summed E-state index contributed by atoms with van der Waals surface area (Å²) >= 11 is 3.53. The second-order valence-corrected chi connectivity index (χ2v) is 3.45. The third-order valence-electron chi connectivity index (χ3n) is 2.02. The molecule has 17 heavy (non-hydrogen) atoms. The van der Waals surface area contributed by atoms with Crippen molar-refractivity contribution in [3.8, 4) is 0 Å². The molecule has 0 atom stereocenters. The third-order valence-corrected chi connectivity index (χ3v) is 2.02. The lowest BCUT2D eigenvalue weighted by Crippen LogP contribution is -2.09. The van der Waals surface area contributed by atoms with Gasteiger partial charge in [-0.3, -0.25) is 0 Å². The van der Waals surface area contributed by atoms with Gasteiger partial charge in [0, 0.05) is 24.3 Å². The standard InChI is InChI=1S/C10H13N3.C2H6.CH4S/c1-13(2)7-8-6-12-10-9(8)4-3-5-11-10;2*1-2/h3-6H,7H2,1-2H3,(H,11,12);1-2H3;2H,1H3. The molecule has 0 aliphatic rings. The van der Waals surface area contributed by atoms with Crippen LogP contribution >= 0.6 is 12.6 Å². The van der Waals surface area contributed by atoms with Crippen LogP contribution in [0.25, 0.3) is 11.0 Å². The highest BCUT2D eigenvalue weighted by atomic mass is 32.1. The van der Waals surface area contributed by atoms with E-state index in [1.807, 2.05) is 26.1 Å². The maximum absolute atomic E-state index is 4.24. The van der Waals surface area contributed by atoms with Crippen LogP contribution in [0.4, 0.5) is 0 Å². The molecule has 2 heterocycles. The van der Waals surface area contributed by atoms with Crippen LogP contribution in [0.3, 0.4) is 0 Å². The first-order valence-electron chi connectivity index (χ1n) is 5.78. The monoisotopic (exact) mass is 253 g/mol. The first-order chi connectivity index (χ1) is 8.27. The molecule has 0 amide bonds. The topological polar surface area (TPSA) is 31.9 Å². The van der Waals surface area contributed by atoms with Crippen LogP contribution in [0.1, 0.15) is 19.4 Å². The Kier molecular flexibility index (Phi) is 8.54. The molecule has 96 valence electrons. The van der Waals surface area contributed by atoms with Gasteiger partial charge in [-0.1, -0.05) is 13.8 Å². The molecular formula is C13H23N3S. The zero-order chi connectivity index (χ0) is 13.3. The number of pyridine rings is 1. The Balaban J connectivity index is 0.000000581. The molecule has 0 saturated carbocycles. The Bertz CT molecular complexity index is 410. The summed E-state index contributed by atoms with van der Waals surface area (Å²) in [5.74, 6) is 0. The van der Waals surface area contributed by atoms with Gasteiger partial charge < -0.3 is 9.88 Å². The minimum absolute atomic E-state index is 0.950. The first kappa shape index (κ1) is 16.0. The average Bonchev–Trinajstić information content (AvgIpc) is 2.77. The number of H-pyrrole nitrogens is 1. The smallest absolute Gasteiger partial charge is 0.137 e. The summed E-state index contributed by atoms with van der Waals surface area (Å²) < 4.78 is 0. The van der Waals surface area contributed by atoms with Crippen LogP contribution in [0.2, 0.25) is 0 Å². The summed E-state index contributed by atoms with van der Waals surface area (Å²) in [6.45, 7) is 4.95. The van der Waals surface area contributed by atoms with Crippen molar-refractivity contribution in [3.63, 3.8) is 0 Å². The van der Waals surface area contributed by atoms with Crippen LogP contribution in [0.15, 0.2) is 24.5 Å². The molecule has 0 fully saturated rings. The quantitative estimate of drug-likeness (QED) is 0.806. The van der Waals surface area contributed by atoms with Crippen LogP contribution in [-0.4, -0.2) is 35.2 Å². The van der Waals surface area contributed by atoms with E-state index in [2.05, 4.69) is 47.7 Å². The molecule has 0 aliphatic carbocycles. The predicted octanol–water partition coefficient (Wildman–Crippen LogP) is 3.20. The highest BCUT2D eigenvalue weighted by Gasteiger charge is 2.03. The minimum Gasteiger partial charge on any atom is -0.346 e. The number of fused-ring (bicyclic) bond motifs is 1. The molecule has 4 heteroatoms. The molecule has 2 aromatic rings. The number of hydrogen-bond donors (Lipinski definition) is 2. The molecule has 0 saturated heterocycles. The van der Waals surface area contributed by atoms with Crippen molar-refractivity contribution in [2.45, 2.75) is 20.4 Å². The summed E-state index contributed by atoms with van der Waals surface area (Å²) in [6, 6.07) is 4.06. The fraction of sp³-hybridized carbons (Fsp3) is 0.462. The summed E-state index contributed by atoms with van der Waals surface area (Å²) in [4.78, 5) is 9.54. The zero-order valence-electron chi connectivity index (χ0n) is 11.4. The molecule has 0 bridgehead atoms. The largest absolute Gasteiger partial charge is 0.346 e. The average molecular weight is 253 g/mol. The second kappa shape index (κ2) is 9.07. The molecule has 0 radical (unpaired) electrons. The second-order valence-electron chi connectivity index (χ2n) is 3.45. The van der Waals surface area contributed by atoms with Crippen LogP contribution in [0, 0.1) is 0 Å². The molecule has 2 aromatic heterocycles. The number of aromatic nitrogens is 2. The normalized spacial score (nSPS) is 9.35. The van der Waals surface area contributed by atoms with Crippen molar-refractivity contribution in [3.05, 3.63) is 30.1 Å². The Hall–Kier alpha value is -1.00. The highest BCUT2D eigenvalue weighted by Crippen LogP contribution is 2.16. The van der Waals surface area contributed by atoms with E-state index in [1.165, 1.54) is 10.9 Å². The van der Waals surface area contributed by atoms with E-state index < -0.39 is 0 Å². The molecule has 0 unspecified atom stereocenters. The number of rotatable bonds is 2. The van der Waals surface area contributed by atoms with Gasteiger partial charge in [0.25, 0.3) is 0 Å². The summed E-state index contributed by atoms with van der Waals surface area (Å²) in [7, 11) is 4.13. The van der Waals surface area contributed by atoms with Crippen molar-refractivity contribution < 1.29 is 0 Å². The molecule has 0 aliphatic heterocycles. The van der Waals surface area contributed by atoms with Gasteiger partial charge in [0.1, 0.15) is 5.65 Å². The summed E-state index contributed by atoms with van der Waals surface area (Å²) in [5, 5.41) is 1.22. The maximum Gasteiger partial charge on any atom is 0.137 e. The number of aromatic amines is 1. The van der Waals surface area contributed by atoms with E-state index >= 15 is 0 Å². The predicted molar refractivity (Wildman–Crippen MR) is 79.7 cm³/mol. The fourth-order valence-electron chi connectivity index (χ4n) is 1.48. The van der Waals surface area contributed by atoms with Crippen molar-refractivity contribution in [1.82, 2.24) is 14.9 Å². The molecular weight excluding hydrogens is 230 g/mol. The highest BCUT2D eigenvalue weighted by molar-refractivity contribution is 7.79. The van der Waals surface area contributed by atoms with Gasteiger partial charge in [0.05, 0.1) is 0 Å².